The van der Waals surface area contributed by atoms with E-state index >= 15 is 0 Å². The van der Waals surface area contributed by atoms with Gasteiger partial charge in [0.2, 0.25) is 0 Å². The Morgan fingerprint density at radius 3 is 3.00 bits per heavy atom. The van der Waals surface area contributed by atoms with Crippen LogP contribution in [-0.4, -0.2) is 12.1 Å². The Balaban J connectivity index is 1.82. The Hall–Kier alpha value is -0.380. The van der Waals surface area contributed by atoms with Gasteiger partial charge in [0.25, 0.3) is 0 Å². The first-order chi connectivity index (χ1) is 7.74. The number of nitrogens with one attached hydrogen (secondary N) is 1. The second kappa shape index (κ2) is 5.80. The molecule has 0 aliphatic heterocycles. The van der Waals surface area contributed by atoms with Crippen LogP contribution in [0.2, 0.25) is 0 Å². The number of benzene rings is 1. The molecule has 2 nitrogen and oxygen atoms in total. The molecular formula is C13H19BrN2. The summed E-state index contributed by atoms with van der Waals surface area (Å²) >= 11 is 3.49. The molecule has 2 rings (SSSR count). The third-order valence-electron chi connectivity index (χ3n) is 3.20. The molecule has 0 saturated heterocycles. The minimum absolute atomic E-state index is 0.397. The Labute approximate surface area is 106 Å². The molecule has 3 N–H and O–H groups in total. The van der Waals surface area contributed by atoms with Gasteiger partial charge in [-0.05, 0) is 37.0 Å². The molecule has 0 amide bonds. The van der Waals surface area contributed by atoms with Crippen LogP contribution < -0.4 is 11.1 Å². The highest BCUT2D eigenvalue weighted by Crippen LogP contribution is 2.18. The molecule has 2 atom stereocenters. The first-order valence-electron chi connectivity index (χ1n) is 5.97. The Bertz CT molecular complexity index is 340. The quantitative estimate of drug-likeness (QED) is 0.895. The van der Waals surface area contributed by atoms with Crippen LogP contribution in [-0.2, 0) is 6.54 Å². The van der Waals surface area contributed by atoms with Crippen molar-refractivity contribution in [2.75, 3.05) is 0 Å². The van der Waals surface area contributed by atoms with Crippen molar-refractivity contribution in [1.29, 1.82) is 0 Å². The molecule has 88 valence electrons. The van der Waals surface area contributed by atoms with E-state index in [4.69, 9.17) is 5.73 Å². The molecule has 2 unspecified atom stereocenters. The molecule has 0 heterocycles. The van der Waals surface area contributed by atoms with Gasteiger partial charge in [0.15, 0.2) is 0 Å². The fourth-order valence-corrected chi connectivity index (χ4v) is 2.77. The zero-order valence-electron chi connectivity index (χ0n) is 9.45. The van der Waals surface area contributed by atoms with Crippen LogP contribution in [0.3, 0.4) is 0 Å². The third-order valence-corrected chi connectivity index (χ3v) is 3.69. The first-order valence-corrected chi connectivity index (χ1v) is 6.77. The van der Waals surface area contributed by atoms with E-state index in [9.17, 15) is 0 Å². The summed E-state index contributed by atoms with van der Waals surface area (Å²) < 4.78 is 1.15. The van der Waals surface area contributed by atoms with Gasteiger partial charge in [-0.25, -0.2) is 0 Å². The molecule has 16 heavy (non-hydrogen) atoms. The monoisotopic (exact) mass is 282 g/mol. The number of hydrogen-bond donors (Lipinski definition) is 2. The van der Waals surface area contributed by atoms with Crippen molar-refractivity contribution in [2.24, 2.45) is 5.73 Å². The van der Waals surface area contributed by atoms with E-state index in [1.807, 2.05) is 0 Å². The number of nitrogens with two attached hydrogens (primary N) is 1. The van der Waals surface area contributed by atoms with Gasteiger partial charge in [-0.2, -0.15) is 0 Å². The lowest BCUT2D eigenvalue weighted by Gasteiger charge is -2.27. The molecule has 0 spiro atoms. The maximum Gasteiger partial charge on any atom is 0.0208 e. The van der Waals surface area contributed by atoms with E-state index in [-0.39, 0.29) is 0 Å². The average Bonchev–Trinajstić information content (AvgIpc) is 2.27. The lowest BCUT2D eigenvalue weighted by Crippen LogP contribution is -2.39. The van der Waals surface area contributed by atoms with Crippen LogP contribution in [0.5, 0.6) is 0 Å². The Morgan fingerprint density at radius 2 is 2.25 bits per heavy atom. The lowest BCUT2D eigenvalue weighted by atomic mass is 9.91. The highest BCUT2D eigenvalue weighted by Gasteiger charge is 2.18. The number of hydrogen-bond acceptors (Lipinski definition) is 2. The normalized spacial score (nSPS) is 25.6. The van der Waals surface area contributed by atoms with Crippen LogP contribution in [0, 0.1) is 0 Å². The van der Waals surface area contributed by atoms with Gasteiger partial charge in [0, 0.05) is 23.1 Å². The maximum atomic E-state index is 5.97. The lowest BCUT2D eigenvalue weighted by molar-refractivity contribution is 0.338. The minimum Gasteiger partial charge on any atom is -0.328 e. The molecule has 0 bridgehead atoms. The average molecular weight is 283 g/mol. The Morgan fingerprint density at radius 1 is 1.38 bits per heavy atom. The van der Waals surface area contributed by atoms with Crippen LogP contribution in [0.4, 0.5) is 0 Å². The van der Waals surface area contributed by atoms with Crippen molar-refractivity contribution in [3.05, 3.63) is 34.3 Å². The van der Waals surface area contributed by atoms with Crippen molar-refractivity contribution in [3.63, 3.8) is 0 Å². The van der Waals surface area contributed by atoms with E-state index < -0.39 is 0 Å². The highest BCUT2D eigenvalue weighted by atomic mass is 79.9. The third kappa shape index (κ3) is 3.58. The number of rotatable bonds is 3. The van der Waals surface area contributed by atoms with Crippen LogP contribution in [0.25, 0.3) is 0 Å². The van der Waals surface area contributed by atoms with Gasteiger partial charge in [-0.3, -0.25) is 0 Å². The predicted octanol–water partition coefficient (Wildman–Crippen LogP) is 2.81. The van der Waals surface area contributed by atoms with Gasteiger partial charge in [-0.1, -0.05) is 34.5 Å². The van der Waals surface area contributed by atoms with E-state index in [0.717, 1.165) is 17.4 Å². The summed E-state index contributed by atoms with van der Waals surface area (Å²) in [4.78, 5) is 0. The molecule has 1 aliphatic carbocycles. The van der Waals surface area contributed by atoms with Gasteiger partial charge in [-0.15, -0.1) is 0 Å². The molecule has 1 aromatic rings. The summed E-state index contributed by atoms with van der Waals surface area (Å²) in [5.74, 6) is 0. The SMILES string of the molecule is NC1CCCC(NCc2cccc(Br)c2)C1. The van der Waals surface area contributed by atoms with Gasteiger partial charge in [0.05, 0.1) is 0 Å². The molecule has 0 aromatic heterocycles. The van der Waals surface area contributed by atoms with Crippen molar-refractivity contribution in [1.82, 2.24) is 5.32 Å². The molecule has 1 saturated carbocycles. The molecule has 1 fully saturated rings. The van der Waals surface area contributed by atoms with Crippen molar-refractivity contribution in [2.45, 2.75) is 44.3 Å². The largest absolute Gasteiger partial charge is 0.328 e. The topological polar surface area (TPSA) is 38.0 Å². The Kier molecular flexibility index (Phi) is 4.38. The summed E-state index contributed by atoms with van der Waals surface area (Å²) in [6.45, 7) is 0.941. The fraction of sp³-hybridized carbons (Fsp3) is 0.538. The number of halogens is 1. The van der Waals surface area contributed by atoms with E-state index in [0.29, 0.717) is 12.1 Å². The summed E-state index contributed by atoms with van der Waals surface area (Å²) in [7, 11) is 0. The van der Waals surface area contributed by atoms with E-state index in [1.165, 1.54) is 24.8 Å². The van der Waals surface area contributed by atoms with E-state index in [1.54, 1.807) is 0 Å². The van der Waals surface area contributed by atoms with Crippen molar-refractivity contribution in [3.8, 4) is 0 Å². The zero-order chi connectivity index (χ0) is 11.4. The molecule has 1 aromatic carbocycles. The summed E-state index contributed by atoms with van der Waals surface area (Å²) in [6.07, 6.45) is 4.84. The maximum absolute atomic E-state index is 5.97. The van der Waals surface area contributed by atoms with Gasteiger partial charge >= 0.3 is 0 Å². The summed E-state index contributed by atoms with van der Waals surface area (Å²) in [6, 6.07) is 9.45. The van der Waals surface area contributed by atoms with Crippen molar-refractivity contribution < 1.29 is 0 Å². The van der Waals surface area contributed by atoms with Crippen LogP contribution >= 0.6 is 15.9 Å². The van der Waals surface area contributed by atoms with E-state index in [2.05, 4.69) is 45.5 Å². The minimum atomic E-state index is 0.397. The van der Waals surface area contributed by atoms with Gasteiger partial charge < -0.3 is 11.1 Å². The van der Waals surface area contributed by atoms with Crippen LogP contribution in [0.15, 0.2) is 28.7 Å². The smallest absolute Gasteiger partial charge is 0.0208 e. The summed E-state index contributed by atoms with van der Waals surface area (Å²) in [5.41, 5.74) is 7.30. The standard InChI is InChI=1S/C13H19BrN2/c14-11-4-1-3-10(7-11)9-16-13-6-2-5-12(15)8-13/h1,3-4,7,12-13,16H,2,5-6,8-9,15H2. The van der Waals surface area contributed by atoms with Crippen molar-refractivity contribution >= 4 is 15.9 Å². The highest BCUT2D eigenvalue weighted by molar-refractivity contribution is 9.10. The summed E-state index contributed by atoms with van der Waals surface area (Å²) in [5, 5.41) is 3.59. The molecule has 1 aliphatic rings. The second-order valence-electron chi connectivity index (χ2n) is 4.63. The fourth-order valence-electron chi connectivity index (χ4n) is 2.32. The second-order valence-corrected chi connectivity index (χ2v) is 5.55. The predicted molar refractivity (Wildman–Crippen MR) is 71.2 cm³/mol. The van der Waals surface area contributed by atoms with Crippen LogP contribution in [0.1, 0.15) is 31.2 Å². The first kappa shape index (κ1) is 12.1. The molecular weight excluding hydrogens is 264 g/mol. The molecule has 0 radical (unpaired) electrons. The zero-order valence-corrected chi connectivity index (χ0v) is 11.0. The molecule has 3 heteroatoms. The van der Waals surface area contributed by atoms with Gasteiger partial charge in [0.1, 0.15) is 0 Å².